The van der Waals surface area contributed by atoms with E-state index in [9.17, 15) is 0 Å². The highest BCUT2D eigenvalue weighted by Crippen LogP contribution is 2.38. The zero-order valence-electron chi connectivity index (χ0n) is 30.4. The molecule has 2 aliphatic heterocycles. The van der Waals surface area contributed by atoms with Crippen LogP contribution < -0.4 is 24.8 Å². The average Bonchev–Trinajstić information content (AvgIpc) is 3.61. The topological polar surface area (TPSA) is 140 Å². The number of halogens is 1. The SMILES string of the molecule is COc1ccc(CNc2nc3cc(OC)c(F)cc3c3nc(C4CCC(C)N(/C(C=N)=C/NCC5(OC6CCCCO6)CCC5)C4)nn23)c(OC)c1. The molecule has 4 heterocycles. The van der Waals surface area contributed by atoms with Crippen LogP contribution in [0.3, 0.4) is 0 Å². The van der Waals surface area contributed by atoms with Gasteiger partial charge in [-0.15, -0.1) is 5.10 Å². The molecule has 3 atom stereocenters. The minimum absolute atomic E-state index is 0.0307. The lowest BCUT2D eigenvalue weighted by Gasteiger charge is -2.44. The van der Waals surface area contributed by atoms with Gasteiger partial charge in [0.2, 0.25) is 5.95 Å². The maximum absolute atomic E-state index is 15.1. The lowest BCUT2D eigenvalue weighted by atomic mass is 9.80. The molecule has 0 amide bonds. The molecule has 3 aliphatic rings. The van der Waals surface area contributed by atoms with Crippen LogP contribution in [0.15, 0.2) is 42.2 Å². The highest BCUT2D eigenvalue weighted by atomic mass is 19.1. The van der Waals surface area contributed by atoms with Crippen LogP contribution in [0, 0.1) is 11.2 Å². The van der Waals surface area contributed by atoms with Crippen LogP contribution in [0.1, 0.15) is 75.6 Å². The lowest BCUT2D eigenvalue weighted by molar-refractivity contribution is -0.243. The molecule has 4 aromatic rings. The summed E-state index contributed by atoms with van der Waals surface area (Å²) in [5, 5.41) is 20.8. The monoisotopic (exact) mass is 716 g/mol. The fourth-order valence-corrected chi connectivity index (χ4v) is 7.46. The highest BCUT2D eigenvalue weighted by molar-refractivity contribution is 5.93. The zero-order chi connectivity index (χ0) is 36.2. The Bertz CT molecular complexity index is 1920. The third-order valence-corrected chi connectivity index (χ3v) is 10.7. The van der Waals surface area contributed by atoms with Crippen molar-refractivity contribution in [3.63, 3.8) is 0 Å². The molecule has 1 saturated carbocycles. The molecule has 0 radical (unpaired) electrons. The summed E-state index contributed by atoms with van der Waals surface area (Å²) >= 11 is 0. The van der Waals surface area contributed by atoms with Crippen molar-refractivity contribution in [1.82, 2.24) is 29.8 Å². The quantitative estimate of drug-likeness (QED) is 0.129. The Hall–Kier alpha value is -4.69. The number of hydrogen-bond donors (Lipinski definition) is 3. The third-order valence-electron chi connectivity index (χ3n) is 10.7. The molecule has 2 aromatic carbocycles. The number of nitrogens with zero attached hydrogens (tertiary/aromatic N) is 5. The molecule has 52 heavy (non-hydrogen) atoms. The van der Waals surface area contributed by atoms with Gasteiger partial charge >= 0.3 is 0 Å². The molecular weight excluding hydrogens is 667 g/mol. The molecule has 2 aromatic heterocycles. The van der Waals surface area contributed by atoms with Gasteiger partial charge in [0, 0.05) is 73.7 Å². The fraction of sp³-hybridized carbons (Fsp3) is 0.526. The van der Waals surface area contributed by atoms with Crippen molar-refractivity contribution >= 4 is 28.7 Å². The first-order valence-electron chi connectivity index (χ1n) is 18.2. The van der Waals surface area contributed by atoms with Gasteiger partial charge in [-0.25, -0.2) is 14.4 Å². The lowest BCUT2D eigenvalue weighted by Crippen LogP contribution is -2.51. The van der Waals surface area contributed by atoms with Gasteiger partial charge in [0.05, 0.1) is 38.1 Å². The van der Waals surface area contributed by atoms with Gasteiger partial charge in [0.15, 0.2) is 29.3 Å². The van der Waals surface area contributed by atoms with E-state index in [0.717, 1.165) is 69.2 Å². The third kappa shape index (κ3) is 7.31. The van der Waals surface area contributed by atoms with E-state index in [1.807, 2.05) is 24.4 Å². The van der Waals surface area contributed by atoms with E-state index in [1.165, 1.54) is 19.4 Å². The van der Waals surface area contributed by atoms with Crippen LogP contribution in [0.25, 0.3) is 16.6 Å². The highest BCUT2D eigenvalue weighted by Gasteiger charge is 2.40. The maximum Gasteiger partial charge on any atom is 0.226 e. The number of methoxy groups -OCH3 is 3. The molecule has 7 rings (SSSR count). The Kier molecular flexibility index (Phi) is 10.6. The van der Waals surface area contributed by atoms with Crippen molar-refractivity contribution < 1.29 is 28.1 Å². The Balaban J connectivity index is 1.14. The minimum Gasteiger partial charge on any atom is -0.497 e. The number of nitrogens with one attached hydrogen (secondary N) is 3. The number of likely N-dealkylation sites (tertiary alicyclic amines) is 1. The Morgan fingerprint density at radius 3 is 2.60 bits per heavy atom. The first-order chi connectivity index (χ1) is 25.3. The van der Waals surface area contributed by atoms with Crippen LogP contribution in [-0.4, -0.2) is 89.7 Å². The standard InChI is InChI=1S/C38H49FN8O5/c1-24-9-10-26(22-46(24)27(19-40)21-41-23-38(13-7-14-38)52-34-8-5-6-15-51-34)35-44-36-29-17-30(39)33(50-4)18-31(29)43-37(47(36)45-35)42-20-25-11-12-28(48-2)16-32(25)49-3/h11-12,16-19,21,24,26,34,40-41H,5-10,13-15,20,22-23H2,1-4H3,(H,42,43)/b27-21+,40-19?. The van der Waals surface area contributed by atoms with Gasteiger partial charge in [-0.3, -0.25) is 0 Å². The normalized spacial score (nSPS) is 21.8. The molecule has 0 bridgehead atoms. The molecule has 0 spiro atoms. The summed E-state index contributed by atoms with van der Waals surface area (Å²) in [5.41, 5.74) is 2.47. The number of hydrogen-bond acceptors (Lipinski definition) is 12. The molecule has 3 N–H and O–H groups in total. The first-order valence-corrected chi connectivity index (χ1v) is 18.2. The summed E-state index contributed by atoms with van der Waals surface area (Å²) in [4.78, 5) is 12.1. The van der Waals surface area contributed by atoms with E-state index in [4.69, 9.17) is 44.2 Å². The number of ether oxygens (including phenoxy) is 5. The second-order valence-corrected chi connectivity index (χ2v) is 14.0. The smallest absolute Gasteiger partial charge is 0.226 e. The summed E-state index contributed by atoms with van der Waals surface area (Å²) in [6.45, 7) is 4.62. The van der Waals surface area contributed by atoms with Gasteiger partial charge in [-0.2, -0.15) is 4.52 Å². The molecule has 278 valence electrons. The van der Waals surface area contributed by atoms with E-state index in [2.05, 4.69) is 22.5 Å². The van der Waals surface area contributed by atoms with E-state index in [-0.39, 0.29) is 29.6 Å². The van der Waals surface area contributed by atoms with Crippen LogP contribution >= 0.6 is 0 Å². The Morgan fingerprint density at radius 2 is 1.88 bits per heavy atom. The second kappa shape index (κ2) is 15.5. The summed E-state index contributed by atoms with van der Waals surface area (Å²) in [5.74, 6) is 2.01. The number of fused-ring (bicyclic) bond motifs is 3. The van der Waals surface area contributed by atoms with Gasteiger partial charge in [0.1, 0.15) is 11.5 Å². The summed E-state index contributed by atoms with van der Waals surface area (Å²) in [6.07, 6.45) is 11.3. The van der Waals surface area contributed by atoms with Crippen LogP contribution in [-0.2, 0) is 16.0 Å². The van der Waals surface area contributed by atoms with Crippen molar-refractivity contribution in [3.05, 3.63) is 59.4 Å². The Labute approximate surface area is 303 Å². The Morgan fingerprint density at radius 1 is 1.04 bits per heavy atom. The number of benzene rings is 2. The van der Waals surface area contributed by atoms with Crippen molar-refractivity contribution in [2.45, 2.75) is 88.7 Å². The summed E-state index contributed by atoms with van der Waals surface area (Å²) < 4.78 is 45.3. The molecule has 1 aliphatic carbocycles. The number of anilines is 1. The van der Waals surface area contributed by atoms with Crippen molar-refractivity contribution in [1.29, 1.82) is 5.41 Å². The molecular formula is C38H49FN8O5. The van der Waals surface area contributed by atoms with E-state index < -0.39 is 5.82 Å². The number of allylic oxidation sites excluding steroid dienone is 1. The van der Waals surface area contributed by atoms with Gasteiger partial charge in [-0.1, -0.05) is 0 Å². The van der Waals surface area contributed by atoms with Gasteiger partial charge in [-0.05, 0) is 76.5 Å². The van der Waals surface area contributed by atoms with E-state index in [0.29, 0.717) is 59.5 Å². The maximum atomic E-state index is 15.1. The van der Waals surface area contributed by atoms with Crippen molar-refractivity contribution in [2.75, 3.05) is 46.3 Å². The minimum atomic E-state index is -0.502. The second-order valence-electron chi connectivity index (χ2n) is 14.0. The number of aromatic nitrogens is 4. The van der Waals surface area contributed by atoms with Crippen molar-refractivity contribution in [3.8, 4) is 17.2 Å². The van der Waals surface area contributed by atoms with Gasteiger partial charge < -0.3 is 44.6 Å². The predicted octanol–water partition coefficient (Wildman–Crippen LogP) is 6.17. The summed E-state index contributed by atoms with van der Waals surface area (Å²) in [7, 11) is 4.66. The largest absolute Gasteiger partial charge is 0.497 e. The number of piperidine rings is 1. The van der Waals surface area contributed by atoms with Crippen LogP contribution in [0.5, 0.6) is 17.2 Å². The van der Waals surface area contributed by atoms with E-state index in [1.54, 1.807) is 24.8 Å². The van der Waals surface area contributed by atoms with Crippen LogP contribution in [0.4, 0.5) is 10.3 Å². The molecule has 2 saturated heterocycles. The molecule has 13 nitrogen and oxygen atoms in total. The summed E-state index contributed by atoms with van der Waals surface area (Å²) in [6, 6.07) is 8.83. The van der Waals surface area contributed by atoms with Gasteiger partial charge in [0.25, 0.3) is 0 Å². The molecule has 3 unspecified atom stereocenters. The van der Waals surface area contributed by atoms with Crippen LogP contribution in [0.2, 0.25) is 0 Å². The molecule has 3 fully saturated rings. The molecule has 14 heteroatoms. The van der Waals surface area contributed by atoms with Crippen molar-refractivity contribution in [2.24, 2.45) is 0 Å². The fourth-order valence-electron chi connectivity index (χ4n) is 7.46. The predicted molar refractivity (Wildman–Crippen MR) is 196 cm³/mol. The van der Waals surface area contributed by atoms with E-state index >= 15 is 4.39 Å². The number of rotatable bonds is 14. The first kappa shape index (κ1) is 35.7. The zero-order valence-corrected chi connectivity index (χ0v) is 30.4. The average molecular weight is 717 g/mol.